The normalized spacial score (nSPS) is 18.1. The molecule has 2 N–H and O–H groups in total. The number of carbonyl (C=O) groups excluding carboxylic acids is 1. The molecule has 0 radical (unpaired) electrons. The molecule has 0 aromatic heterocycles. The Morgan fingerprint density at radius 2 is 1.94 bits per heavy atom. The van der Waals surface area contributed by atoms with Crippen molar-refractivity contribution in [1.29, 1.82) is 0 Å². The summed E-state index contributed by atoms with van der Waals surface area (Å²) in [4.78, 5) is 12.4. The zero-order valence-corrected chi connectivity index (χ0v) is 9.73. The molecule has 1 aliphatic rings. The highest BCUT2D eigenvalue weighted by Gasteiger charge is 2.43. The van der Waals surface area contributed by atoms with Gasteiger partial charge in [-0.2, -0.15) is 0 Å². The van der Waals surface area contributed by atoms with Crippen LogP contribution >= 0.6 is 0 Å². The van der Waals surface area contributed by atoms with Crippen LogP contribution in [0.2, 0.25) is 0 Å². The van der Waals surface area contributed by atoms with Crippen molar-refractivity contribution in [1.82, 2.24) is 4.90 Å². The minimum Gasteiger partial charge on any atom is -0.492 e. The molecule has 2 rings (SSSR count). The summed E-state index contributed by atoms with van der Waals surface area (Å²) in [6, 6.07) is 6.39. The molecule has 0 spiro atoms. The summed E-state index contributed by atoms with van der Waals surface area (Å²) < 4.78 is 30.4. The van der Waals surface area contributed by atoms with Crippen molar-refractivity contribution in [2.24, 2.45) is 5.73 Å². The summed E-state index contributed by atoms with van der Waals surface area (Å²) in [6.07, 6.45) is 0. The fourth-order valence-corrected chi connectivity index (χ4v) is 1.77. The maximum atomic E-state index is 12.5. The first-order chi connectivity index (χ1) is 8.46. The van der Waals surface area contributed by atoms with E-state index in [2.05, 4.69) is 0 Å². The number of halogens is 2. The second kappa shape index (κ2) is 4.89. The summed E-state index contributed by atoms with van der Waals surface area (Å²) in [5, 5.41) is 0. The fourth-order valence-electron chi connectivity index (χ4n) is 1.77. The van der Waals surface area contributed by atoms with E-state index in [1.54, 1.807) is 29.2 Å². The van der Waals surface area contributed by atoms with Crippen molar-refractivity contribution in [2.45, 2.75) is 5.92 Å². The van der Waals surface area contributed by atoms with Gasteiger partial charge in [-0.1, -0.05) is 0 Å². The van der Waals surface area contributed by atoms with Gasteiger partial charge >= 0.3 is 0 Å². The van der Waals surface area contributed by atoms with Crippen LogP contribution in [0.1, 0.15) is 10.4 Å². The van der Waals surface area contributed by atoms with E-state index in [1.165, 1.54) is 0 Å². The Morgan fingerprint density at radius 3 is 2.44 bits per heavy atom. The van der Waals surface area contributed by atoms with Crippen LogP contribution in [0.4, 0.5) is 8.78 Å². The van der Waals surface area contributed by atoms with E-state index in [0.717, 1.165) is 0 Å². The van der Waals surface area contributed by atoms with Crippen molar-refractivity contribution in [3.63, 3.8) is 0 Å². The fraction of sp³-hybridized carbons (Fsp3) is 0.417. The number of ether oxygens (including phenoxy) is 1. The van der Waals surface area contributed by atoms with Crippen LogP contribution in [0.5, 0.6) is 5.75 Å². The zero-order chi connectivity index (χ0) is 13.2. The van der Waals surface area contributed by atoms with E-state index in [9.17, 15) is 13.6 Å². The van der Waals surface area contributed by atoms with E-state index in [1.807, 2.05) is 0 Å². The molecule has 0 saturated carbocycles. The van der Waals surface area contributed by atoms with E-state index < -0.39 is 11.8 Å². The first-order valence-corrected chi connectivity index (χ1v) is 5.59. The number of benzene rings is 1. The minimum absolute atomic E-state index is 0.197. The van der Waals surface area contributed by atoms with Gasteiger partial charge in [-0.05, 0) is 24.3 Å². The van der Waals surface area contributed by atoms with Crippen LogP contribution in [0, 0.1) is 0 Å². The molecule has 0 aliphatic carbocycles. The van der Waals surface area contributed by atoms with E-state index in [-0.39, 0.29) is 13.1 Å². The van der Waals surface area contributed by atoms with Gasteiger partial charge in [-0.25, -0.2) is 8.78 Å². The molecule has 1 fully saturated rings. The van der Waals surface area contributed by atoms with Gasteiger partial charge in [-0.3, -0.25) is 9.69 Å². The second-order valence-corrected chi connectivity index (χ2v) is 4.30. The van der Waals surface area contributed by atoms with E-state index in [0.29, 0.717) is 24.5 Å². The van der Waals surface area contributed by atoms with Crippen LogP contribution in [0.25, 0.3) is 0 Å². The van der Waals surface area contributed by atoms with Crippen LogP contribution < -0.4 is 10.5 Å². The molecule has 18 heavy (non-hydrogen) atoms. The monoisotopic (exact) mass is 256 g/mol. The molecular weight excluding hydrogens is 242 g/mol. The molecule has 4 nitrogen and oxygen atoms in total. The number of primary amides is 1. The zero-order valence-electron chi connectivity index (χ0n) is 9.73. The Labute approximate surface area is 103 Å². The number of hydrogen-bond acceptors (Lipinski definition) is 3. The third-order valence-corrected chi connectivity index (χ3v) is 2.72. The number of hydrogen-bond donors (Lipinski definition) is 1. The van der Waals surface area contributed by atoms with Crippen molar-refractivity contribution in [2.75, 3.05) is 26.2 Å². The number of carbonyl (C=O) groups is 1. The average molecular weight is 256 g/mol. The lowest BCUT2D eigenvalue weighted by Crippen LogP contribution is -2.56. The van der Waals surface area contributed by atoms with Gasteiger partial charge in [0.1, 0.15) is 12.4 Å². The Balaban J connectivity index is 1.72. The Bertz CT molecular complexity index is 426. The summed E-state index contributed by atoms with van der Waals surface area (Å²) in [5.74, 6) is -2.44. The number of likely N-dealkylation sites (tertiary alicyclic amines) is 1. The topological polar surface area (TPSA) is 55.6 Å². The molecule has 1 aromatic rings. The van der Waals surface area contributed by atoms with Gasteiger partial charge < -0.3 is 10.5 Å². The number of nitrogens with zero attached hydrogens (tertiary/aromatic N) is 1. The van der Waals surface area contributed by atoms with Gasteiger partial charge in [0.2, 0.25) is 5.91 Å². The van der Waals surface area contributed by atoms with Crippen molar-refractivity contribution < 1.29 is 18.3 Å². The lowest BCUT2D eigenvalue weighted by molar-refractivity contribution is -0.132. The molecular formula is C12H14F2N2O2. The first-order valence-electron chi connectivity index (χ1n) is 5.59. The van der Waals surface area contributed by atoms with Crippen LogP contribution in [-0.4, -0.2) is 43.0 Å². The number of alkyl halides is 2. The minimum atomic E-state index is -2.54. The molecule has 0 bridgehead atoms. The predicted octanol–water partition coefficient (Wildman–Crippen LogP) is 1.12. The van der Waals surface area contributed by atoms with Crippen LogP contribution in [0.3, 0.4) is 0 Å². The SMILES string of the molecule is NC(=O)c1ccc(OCCN2CC(F)(F)C2)cc1. The maximum Gasteiger partial charge on any atom is 0.272 e. The van der Waals surface area contributed by atoms with Crippen molar-refractivity contribution in [3.8, 4) is 5.75 Å². The van der Waals surface area contributed by atoms with Gasteiger partial charge in [0, 0.05) is 12.1 Å². The molecule has 1 saturated heterocycles. The van der Waals surface area contributed by atoms with Crippen molar-refractivity contribution in [3.05, 3.63) is 29.8 Å². The van der Waals surface area contributed by atoms with Gasteiger partial charge in [0.15, 0.2) is 0 Å². The van der Waals surface area contributed by atoms with Crippen LogP contribution in [-0.2, 0) is 0 Å². The average Bonchev–Trinajstić information content (AvgIpc) is 2.27. The maximum absolute atomic E-state index is 12.5. The molecule has 0 unspecified atom stereocenters. The highest BCUT2D eigenvalue weighted by molar-refractivity contribution is 5.92. The Kier molecular flexibility index (Phi) is 3.47. The third-order valence-electron chi connectivity index (χ3n) is 2.72. The summed E-state index contributed by atoms with van der Waals surface area (Å²) >= 11 is 0. The first kappa shape index (κ1) is 12.8. The molecule has 1 amide bonds. The Hall–Kier alpha value is -1.69. The highest BCUT2D eigenvalue weighted by Crippen LogP contribution is 2.25. The quantitative estimate of drug-likeness (QED) is 0.858. The largest absolute Gasteiger partial charge is 0.492 e. The lowest BCUT2D eigenvalue weighted by Gasteiger charge is -2.38. The van der Waals surface area contributed by atoms with E-state index >= 15 is 0 Å². The molecule has 1 aromatic carbocycles. The molecule has 0 atom stereocenters. The molecule has 1 heterocycles. The smallest absolute Gasteiger partial charge is 0.272 e. The van der Waals surface area contributed by atoms with E-state index in [4.69, 9.17) is 10.5 Å². The number of nitrogens with two attached hydrogens (primary N) is 1. The molecule has 1 aliphatic heterocycles. The third kappa shape index (κ3) is 3.16. The number of rotatable bonds is 5. The Morgan fingerprint density at radius 1 is 1.33 bits per heavy atom. The van der Waals surface area contributed by atoms with Gasteiger partial charge in [0.05, 0.1) is 13.1 Å². The lowest BCUT2D eigenvalue weighted by atomic mass is 10.1. The number of amides is 1. The predicted molar refractivity (Wildman–Crippen MR) is 61.8 cm³/mol. The molecule has 98 valence electrons. The van der Waals surface area contributed by atoms with Crippen LogP contribution in [0.15, 0.2) is 24.3 Å². The van der Waals surface area contributed by atoms with Crippen molar-refractivity contribution >= 4 is 5.91 Å². The summed E-state index contributed by atoms with van der Waals surface area (Å²) in [7, 11) is 0. The second-order valence-electron chi connectivity index (χ2n) is 4.30. The molecule has 6 heteroatoms. The summed E-state index contributed by atoms with van der Waals surface area (Å²) in [5.41, 5.74) is 5.50. The summed E-state index contributed by atoms with van der Waals surface area (Å²) in [6.45, 7) is 0.410. The highest BCUT2D eigenvalue weighted by atomic mass is 19.3. The standard InChI is InChI=1S/C12H14F2N2O2/c13-12(14)7-16(8-12)5-6-18-10-3-1-9(2-4-10)11(15)17/h1-4H,5-8H2,(H2,15,17). The van der Waals surface area contributed by atoms with Gasteiger partial charge in [0.25, 0.3) is 5.92 Å². The van der Waals surface area contributed by atoms with Gasteiger partial charge in [-0.15, -0.1) is 0 Å².